The number of thiocarbonyl (C=S) groups is 1. The Morgan fingerprint density at radius 2 is 2.24 bits per heavy atom. The third-order valence-electron chi connectivity index (χ3n) is 3.47. The molecule has 0 amide bonds. The van der Waals surface area contributed by atoms with Crippen LogP contribution in [0.4, 0.5) is 11.5 Å². The molecule has 5 nitrogen and oxygen atoms in total. The highest BCUT2D eigenvalue weighted by atomic mass is 35.5. The Balaban J connectivity index is 1.70. The molecule has 0 unspecified atom stereocenters. The third-order valence-corrected chi connectivity index (χ3v) is 3.91. The number of nitrogens with zero attached hydrogens (tertiary/aromatic N) is 1. The second-order valence-electron chi connectivity index (χ2n) is 4.99. The molecule has 7 heteroatoms. The maximum Gasteiger partial charge on any atom is 0.176 e. The van der Waals surface area contributed by atoms with Gasteiger partial charge < -0.3 is 16.0 Å². The molecule has 0 radical (unpaired) electrons. The predicted molar refractivity (Wildman–Crippen MR) is 90.0 cm³/mol. The molecule has 1 aromatic carbocycles. The van der Waals surface area contributed by atoms with E-state index in [1.807, 2.05) is 25.1 Å². The van der Waals surface area contributed by atoms with Crippen molar-refractivity contribution < 1.29 is 0 Å². The number of hydrogen-bond donors (Lipinski definition) is 4. The number of aromatic nitrogens is 2. The number of hydrogen-bond acceptors (Lipinski definition) is 3. The van der Waals surface area contributed by atoms with Gasteiger partial charge in [-0.3, -0.25) is 5.10 Å². The number of benzene rings is 1. The number of aryl methyl sites for hydroxylation is 1. The molecule has 0 atom stereocenters. The van der Waals surface area contributed by atoms with Gasteiger partial charge in [-0.1, -0.05) is 11.6 Å². The van der Waals surface area contributed by atoms with E-state index in [9.17, 15) is 0 Å². The molecule has 1 aliphatic rings. The molecule has 0 aliphatic carbocycles. The lowest BCUT2D eigenvalue weighted by Gasteiger charge is -2.15. The number of aromatic amines is 1. The van der Waals surface area contributed by atoms with Crippen LogP contribution in [0.25, 0.3) is 0 Å². The van der Waals surface area contributed by atoms with Crippen molar-refractivity contribution in [3.63, 3.8) is 0 Å². The fourth-order valence-corrected chi connectivity index (χ4v) is 2.81. The van der Waals surface area contributed by atoms with Gasteiger partial charge in [0.2, 0.25) is 0 Å². The van der Waals surface area contributed by atoms with Gasteiger partial charge >= 0.3 is 0 Å². The van der Waals surface area contributed by atoms with E-state index in [2.05, 4.69) is 26.1 Å². The monoisotopic (exact) mass is 321 g/mol. The Kier molecular flexibility index (Phi) is 4.10. The van der Waals surface area contributed by atoms with Crippen molar-refractivity contribution in [1.29, 1.82) is 0 Å². The van der Waals surface area contributed by atoms with Crippen molar-refractivity contribution in [2.75, 3.05) is 17.2 Å². The smallest absolute Gasteiger partial charge is 0.176 e. The first kappa shape index (κ1) is 14.3. The molecule has 0 bridgehead atoms. The molecule has 1 aliphatic heterocycles. The van der Waals surface area contributed by atoms with E-state index in [0.29, 0.717) is 10.1 Å². The lowest BCUT2D eigenvalue weighted by molar-refractivity contribution is 0.633. The lowest BCUT2D eigenvalue weighted by Crippen LogP contribution is -2.25. The predicted octanol–water partition coefficient (Wildman–Crippen LogP) is 2.83. The highest BCUT2D eigenvalue weighted by Gasteiger charge is 2.17. The van der Waals surface area contributed by atoms with E-state index in [-0.39, 0.29) is 0 Å². The van der Waals surface area contributed by atoms with Gasteiger partial charge in [0.05, 0.1) is 5.69 Å². The molecule has 0 fully saturated rings. The van der Waals surface area contributed by atoms with Gasteiger partial charge in [0.15, 0.2) is 10.9 Å². The first-order valence-corrected chi connectivity index (χ1v) is 7.53. The molecule has 1 aromatic heterocycles. The quantitative estimate of drug-likeness (QED) is 0.641. The zero-order valence-electron chi connectivity index (χ0n) is 11.6. The van der Waals surface area contributed by atoms with Gasteiger partial charge in [-0.25, -0.2) is 0 Å². The standard InChI is InChI=1S/C14H16ClN5S/c1-8-6-9(15)2-3-11(8)17-14(21)18-13-10-4-5-16-7-12(10)19-20-13/h2-3,6,16H,4-5,7H2,1H3,(H3,17,18,19,20,21). The summed E-state index contributed by atoms with van der Waals surface area (Å²) in [7, 11) is 0. The Hall–Kier alpha value is -1.63. The molecule has 2 aromatic rings. The minimum atomic E-state index is 0.522. The van der Waals surface area contributed by atoms with Crippen LogP contribution < -0.4 is 16.0 Å². The van der Waals surface area contributed by atoms with Gasteiger partial charge in [-0.05, 0) is 55.9 Å². The first-order chi connectivity index (χ1) is 10.1. The van der Waals surface area contributed by atoms with E-state index in [1.165, 1.54) is 5.56 Å². The van der Waals surface area contributed by atoms with E-state index in [4.69, 9.17) is 23.8 Å². The minimum Gasteiger partial charge on any atom is -0.332 e. The number of rotatable bonds is 2. The van der Waals surface area contributed by atoms with Crippen LogP contribution in [0.5, 0.6) is 0 Å². The van der Waals surface area contributed by atoms with Gasteiger partial charge in [-0.2, -0.15) is 5.10 Å². The van der Waals surface area contributed by atoms with E-state index in [1.54, 1.807) is 0 Å². The first-order valence-electron chi connectivity index (χ1n) is 6.74. The average molecular weight is 322 g/mol. The highest BCUT2D eigenvalue weighted by molar-refractivity contribution is 7.80. The van der Waals surface area contributed by atoms with Crippen LogP contribution in [0, 0.1) is 6.92 Å². The number of H-pyrrole nitrogens is 1. The SMILES string of the molecule is Cc1cc(Cl)ccc1NC(=S)Nc1n[nH]c2c1CCNC2. The van der Waals surface area contributed by atoms with Crippen molar-refractivity contribution >= 4 is 40.4 Å². The highest BCUT2D eigenvalue weighted by Crippen LogP contribution is 2.22. The van der Waals surface area contributed by atoms with E-state index >= 15 is 0 Å². The normalized spacial score (nSPS) is 13.6. The zero-order chi connectivity index (χ0) is 14.8. The van der Waals surface area contributed by atoms with Crippen molar-refractivity contribution in [3.05, 3.63) is 40.0 Å². The maximum atomic E-state index is 5.95. The summed E-state index contributed by atoms with van der Waals surface area (Å²) in [6.45, 7) is 3.76. The van der Waals surface area contributed by atoms with Crippen LogP contribution in [-0.2, 0) is 13.0 Å². The van der Waals surface area contributed by atoms with Crippen molar-refractivity contribution in [2.24, 2.45) is 0 Å². The number of fused-ring (bicyclic) bond motifs is 1. The lowest BCUT2D eigenvalue weighted by atomic mass is 10.1. The summed E-state index contributed by atoms with van der Waals surface area (Å²) >= 11 is 11.3. The largest absolute Gasteiger partial charge is 0.332 e. The van der Waals surface area contributed by atoms with Gasteiger partial charge in [0.1, 0.15) is 0 Å². The maximum absolute atomic E-state index is 5.95. The summed E-state index contributed by atoms with van der Waals surface area (Å²) in [5.41, 5.74) is 4.29. The average Bonchev–Trinajstić information content (AvgIpc) is 2.85. The van der Waals surface area contributed by atoms with Crippen molar-refractivity contribution in [3.8, 4) is 0 Å². The summed E-state index contributed by atoms with van der Waals surface area (Å²) in [6, 6.07) is 5.64. The third kappa shape index (κ3) is 3.18. The Bertz CT molecular complexity index is 682. The Morgan fingerprint density at radius 3 is 3.05 bits per heavy atom. The van der Waals surface area contributed by atoms with Crippen LogP contribution in [0.1, 0.15) is 16.8 Å². The molecular formula is C14H16ClN5S. The molecule has 0 saturated carbocycles. The van der Waals surface area contributed by atoms with Gasteiger partial charge in [-0.15, -0.1) is 0 Å². The van der Waals surface area contributed by atoms with Crippen LogP contribution >= 0.6 is 23.8 Å². The molecular weight excluding hydrogens is 306 g/mol. The van der Waals surface area contributed by atoms with Gasteiger partial charge in [0.25, 0.3) is 0 Å². The molecule has 0 spiro atoms. The number of halogens is 1. The molecule has 4 N–H and O–H groups in total. The van der Waals surface area contributed by atoms with Crippen LogP contribution in [0.3, 0.4) is 0 Å². The number of nitrogens with one attached hydrogen (secondary N) is 4. The second kappa shape index (κ2) is 6.01. The fourth-order valence-electron chi connectivity index (χ4n) is 2.38. The van der Waals surface area contributed by atoms with Gasteiger partial charge in [0, 0.05) is 22.8 Å². The molecule has 2 heterocycles. The summed E-state index contributed by atoms with van der Waals surface area (Å²) in [6.07, 6.45) is 0.941. The molecule has 3 rings (SSSR count). The molecule has 0 saturated heterocycles. The molecule has 21 heavy (non-hydrogen) atoms. The van der Waals surface area contributed by atoms with Crippen molar-refractivity contribution in [2.45, 2.75) is 19.9 Å². The summed E-state index contributed by atoms with van der Waals surface area (Å²) in [5, 5.41) is 18.2. The van der Waals surface area contributed by atoms with E-state index in [0.717, 1.165) is 42.3 Å². The zero-order valence-corrected chi connectivity index (χ0v) is 13.2. The Morgan fingerprint density at radius 1 is 1.38 bits per heavy atom. The summed E-state index contributed by atoms with van der Waals surface area (Å²) in [4.78, 5) is 0. The summed E-state index contributed by atoms with van der Waals surface area (Å²) < 4.78 is 0. The van der Waals surface area contributed by atoms with Crippen molar-refractivity contribution in [1.82, 2.24) is 15.5 Å². The van der Waals surface area contributed by atoms with E-state index < -0.39 is 0 Å². The van der Waals surface area contributed by atoms with Crippen LogP contribution in [-0.4, -0.2) is 21.9 Å². The fraction of sp³-hybridized carbons (Fsp3) is 0.286. The molecule has 110 valence electrons. The minimum absolute atomic E-state index is 0.522. The number of anilines is 2. The van der Waals surface area contributed by atoms with Crippen LogP contribution in [0.2, 0.25) is 5.02 Å². The summed E-state index contributed by atoms with van der Waals surface area (Å²) in [5.74, 6) is 0.801. The second-order valence-corrected chi connectivity index (χ2v) is 5.84. The topological polar surface area (TPSA) is 64.8 Å². The Labute approximate surface area is 133 Å². The van der Waals surface area contributed by atoms with Crippen LogP contribution in [0.15, 0.2) is 18.2 Å².